The number of nitrogens with two attached hydrogens (primary N) is 1. The van der Waals surface area contributed by atoms with Gasteiger partial charge in [0.25, 0.3) is 0 Å². The number of primary amides is 1. The summed E-state index contributed by atoms with van der Waals surface area (Å²) in [6, 6.07) is 9.90. The van der Waals surface area contributed by atoms with Gasteiger partial charge in [-0.2, -0.15) is 4.68 Å². The molecule has 0 spiro atoms. The molecule has 0 radical (unpaired) electrons. The van der Waals surface area contributed by atoms with Crippen LogP contribution in [0, 0.1) is 0 Å². The second kappa shape index (κ2) is 8.44. The van der Waals surface area contributed by atoms with Crippen molar-refractivity contribution in [2.75, 3.05) is 12.4 Å². The molecule has 3 N–H and O–H groups in total. The molecule has 160 valence electrons. The Balaban J connectivity index is 1.67. The number of ether oxygens (including phenoxy) is 2. The fourth-order valence-electron chi connectivity index (χ4n) is 3.41. The Morgan fingerprint density at radius 1 is 1.23 bits per heavy atom. The van der Waals surface area contributed by atoms with Crippen LogP contribution in [-0.2, 0) is 11.4 Å². The average molecular weight is 461 g/mol. The Morgan fingerprint density at radius 2 is 2.03 bits per heavy atom. The van der Waals surface area contributed by atoms with Crippen molar-refractivity contribution in [3.8, 4) is 11.5 Å². The molecule has 2 aromatic carbocycles. The van der Waals surface area contributed by atoms with Crippen LogP contribution in [0.2, 0.25) is 10.0 Å². The highest BCUT2D eigenvalue weighted by Crippen LogP contribution is 2.38. The van der Waals surface area contributed by atoms with Crippen LogP contribution in [-0.4, -0.2) is 33.2 Å². The van der Waals surface area contributed by atoms with Crippen molar-refractivity contribution < 1.29 is 14.3 Å². The molecule has 1 atom stereocenters. The predicted octanol–water partition coefficient (Wildman–Crippen LogP) is 3.34. The number of hydrogen-bond acceptors (Lipinski definition) is 7. The zero-order valence-corrected chi connectivity index (χ0v) is 18.1. The summed E-state index contributed by atoms with van der Waals surface area (Å²) >= 11 is 12.2. The normalized spacial score (nSPS) is 15.3. The molecular weight excluding hydrogens is 443 g/mol. The number of allylic oxidation sites excluding steroid dienone is 1. The van der Waals surface area contributed by atoms with Crippen LogP contribution in [0.3, 0.4) is 0 Å². The highest BCUT2D eigenvalue weighted by molar-refractivity contribution is 6.35. The van der Waals surface area contributed by atoms with Crippen LogP contribution >= 0.6 is 23.2 Å². The largest absolute Gasteiger partial charge is 0.493 e. The van der Waals surface area contributed by atoms with Gasteiger partial charge in [0, 0.05) is 21.3 Å². The maximum Gasteiger partial charge on any atom is 0.248 e. The van der Waals surface area contributed by atoms with Gasteiger partial charge in [0.05, 0.1) is 12.7 Å². The van der Waals surface area contributed by atoms with Gasteiger partial charge in [-0.1, -0.05) is 40.4 Å². The standard InChI is InChI=1S/C20H18Cl2N6O3/c1-10-17(19(23)29)18(28-20(24-10)25-26-27-28)11-4-6-15(16(7-11)30-2)31-9-12-3-5-13(21)8-14(12)22/h3-8,18H,9H2,1-2H3,(H2,23,29)(H,24,25,27)/t18-/m1/s1. The third-order valence-corrected chi connectivity index (χ3v) is 5.47. The third-order valence-electron chi connectivity index (χ3n) is 4.88. The lowest BCUT2D eigenvalue weighted by Crippen LogP contribution is -2.31. The number of rotatable bonds is 6. The van der Waals surface area contributed by atoms with Crippen molar-refractivity contribution in [2.24, 2.45) is 5.73 Å². The van der Waals surface area contributed by atoms with Crippen LogP contribution in [0.25, 0.3) is 0 Å². The van der Waals surface area contributed by atoms with Gasteiger partial charge in [-0.3, -0.25) is 4.79 Å². The topological polar surface area (TPSA) is 117 Å². The van der Waals surface area contributed by atoms with Crippen molar-refractivity contribution in [3.63, 3.8) is 0 Å². The van der Waals surface area contributed by atoms with E-state index >= 15 is 0 Å². The molecule has 1 aliphatic heterocycles. The van der Waals surface area contributed by atoms with Crippen LogP contribution in [0.15, 0.2) is 47.7 Å². The molecule has 0 saturated carbocycles. The van der Waals surface area contributed by atoms with Crippen molar-refractivity contribution in [3.05, 3.63) is 68.8 Å². The number of halogens is 2. The Labute approximate surface area is 187 Å². The molecule has 11 heteroatoms. The van der Waals surface area contributed by atoms with Crippen molar-refractivity contribution >= 4 is 35.1 Å². The van der Waals surface area contributed by atoms with E-state index in [9.17, 15) is 4.79 Å². The number of anilines is 1. The Hall–Kier alpha value is -3.30. The molecular formula is C20H18Cl2N6O3. The fourth-order valence-corrected chi connectivity index (χ4v) is 3.87. The average Bonchev–Trinajstić information content (AvgIpc) is 3.19. The minimum Gasteiger partial charge on any atom is -0.493 e. The number of carbonyl (C=O) groups excluding carboxylic acids is 1. The number of tetrazole rings is 1. The quantitative estimate of drug-likeness (QED) is 0.578. The molecule has 9 nitrogen and oxygen atoms in total. The summed E-state index contributed by atoms with van der Waals surface area (Å²) in [5.41, 5.74) is 8.07. The molecule has 1 aromatic heterocycles. The number of aromatic nitrogens is 4. The smallest absolute Gasteiger partial charge is 0.248 e. The maximum atomic E-state index is 12.2. The summed E-state index contributed by atoms with van der Waals surface area (Å²) < 4.78 is 12.9. The van der Waals surface area contributed by atoms with Gasteiger partial charge in [-0.15, -0.1) is 0 Å². The number of amides is 1. The lowest BCUT2D eigenvalue weighted by atomic mass is 9.95. The van der Waals surface area contributed by atoms with Crippen LogP contribution in [0.4, 0.5) is 5.95 Å². The molecule has 2 heterocycles. The minimum absolute atomic E-state index is 0.224. The molecule has 31 heavy (non-hydrogen) atoms. The van der Waals surface area contributed by atoms with Gasteiger partial charge in [0.1, 0.15) is 12.6 Å². The highest BCUT2D eigenvalue weighted by Gasteiger charge is 2.33. The lowest BCUT2D eigenvalue weighted by molar-refractivity contribution is -0.115. The van der Waals surface area contributed by atoms with E-state index in [-0.39, 0.29) is 6.61 Å². The van der Waals surface area contributed by atoms with Gasteiger partial charge in [0.15, 0.2) is 11.5 Å². The zero-order valence-electron chi connectivity index (χ0n) is 16.6. The number of carbonyl (C=O) groups is 1. The Morgan fingerprint density at radius 3 is 2.74 bits per heavy atom. The lowest BCUT2D eigenvalue weighted by Gasteiger charge is -2.27. The first-order valence-corrected chi connectivity index (χ1v) is 9.94. The maximum absolute atomic E-state index is 12.2. The Kier molecular flexibility index (Phi) is 5.71. The third kappa shape index (κ3) is 4.01. The van der Waals surface area contributed by atoms with E-state index in [4.69, 9.17) is 38.4 Å². The van der Waals surface area contributed by atoms with E-state index in [0.717, 1.165) is 5.56 Å². The molecule has 1 amide bonds. The molecule has 0 aliphatic carbocycles. The van der Waals surface area contributed by atoms with Crippen molar-refractivity contribution in [2.45, 2.75) is 19.6 Å². The monoisotopic (exact) mass is 460 g/mol. The first-order valence-electron chi connectivity index (χ1n) is 9.19. The van der Waals surface area contributed by atoms with E-state index in [2.05, 4.69) is 20.8 Å². The molecule has 0 saturated heterocycles. The van der Waals surface area contributed by atoms with E-state index in [1.54, 1.807) is 43.3 Å². The summed E-state index contributed by atoms with van der Waals surface area (Å²) in [6.45, 7) is 1.97. The minimum atomic E-state index is -0.614. The zero-order chi connectivity index (χ0) is 22.1. The number of nitrogens with one attached hydrogen (secondary N) is 1. The van der Waals surface area contributed by atoms with E-state index < -0.39 is 11.9 Å². The second-order valence-electron chi connectivity index (χ2n) is 6.81. The SMILES string of the molecule is COc1cc([C@@H]2C(C(N)=O)=C(C)Nc3nnnn32)ccc1OCc1ccc(Cl)cc1Cl. The fraction of sp³-hybridized carbons (Fsp3) is 0.200. The summed E-state index contributed by atoms with van der Waals surface area (Å²) in [5.74, 6) is 0.804. The summed E-state index contributed by atoms with van der Waals surface area (Å²) in [7, 11) is 1.53. The highest BCUT2D eigenvalue weighted by atomic mass is 35.5. The van der Waals surface area contributed by atoms with E-state index in [0.29, 0.717) is 44.3 Å². The Bertz CT molecular complexity index is 1190. The molecule has 1 aliphatic rings. The molecule has 0 unspecified atom stereocenters. The van der Waals surface area contributed by atoms with E-state index in [1.807, 2.05) is 0 Å². The number of benzene rings is 2. The number of methoxy groups -OCH3 is 1. The first-order chi connectivity index (χ1) is 14.9. The predicted molar refractivity (Wildman–Crippen MR) is 115 cm³/mol. The van der Waals surface area contributed by atoms with Gasteiger partial charge in [-0.05, 0) is 47.2 Å². The summed E-state index contributed by atoms with van der Waals surface area (Å²) in [6.07, 6.45) is 0. The van der Waals surface area contributed by atoms with Crippen LogP contribution < -0.4 is 20.5 Å². The molecule has 3 aromatic rings. The second-order valence-corrected chi connectivity index (χ2v) is 7.66. The van der Waals surface area contributed by atoms with Crippen molar-refractivity contribution in [1.82, 2.24) is 20.2 Å². The summed E-state index contributed by atoms with van der Waals surface area (Å²) in [5, 5.41) is 15.7. The van der Waals surface area contributed by atoms with Crippen LogP contribution in [0.1, 0.15) is 24.1 Å². The molecule has 0 fully saturated rings. The van der Waals surface area contributed by atoms with Gasteiger partial charge < -0.3 is 20.5 Å². The van der Waals surface area contributed by atoms with Gasteiger partial charge in [0.2, 0.25) is 11.9 Å². The summed E-state index contributed by atoms with van der Waals surface area (Å²) in [4.78, 5) is 12.2. The number of hydrogen-bond donors (Lipinski definition) is 2. The molecule has 0 bridgehead atoms. The molecule has 4 rings (SSSR count). The first kappa shape index (κ1) is 21.0. The van der Waals surface area contributed by atoms with Gasteiger partial charge >= 0.3 is 0 Å². The van der Waals surface area contributed by atoms with E-state index in [1.165, 1.54) is 11.8 Å². The van der Waals surface area contributed by atoms with Crippen molar-refractivity contribution in [1.29, 1.82) is 0 Å². The number of nitrogens with zero attached hydrogens (tertiary/aromatic N) is 4. The van der Waals surface area contributed by atoms with Gasteiger partial charge in [-0.25, -0.2) is 0 Å². The van der Waals surface area contributed by atoms with Crippen LogP contribution in [0.5, 0.6) is 11.5 Å². The number of fused-ring (bicyclic) bond motifs is 1.